The number of fused-ring (bicyclic) bond motifs is 1. The molecule has 0 aliphatic carbocycles. The Morgan fingerprint density at radius 2 is 2.18 bits per heavy atom. The first-order valence-corrected chi connectivity index (χ1v) is 6.46. The number of aromatic amines is 1. The summed E-state index contributed by atoms with van der Waals surface area (Å²) in [5.74, 6) is 6.58. The van der Waals surface area contributed by atoms with Crippen molar-refractivity contribution in [1.82, 2.24) is 9.97 Å². The molecular weight excluding hydrogens is 276 g/mol. The van der Waals surface area contributed by atoms with Gasteiger partial charge in [-0.3, -0.25) is 4.98 Å². The average Bonchev–Trinajstić information content (AvgIpc) is 2.71. The summed E-state index contributed by atoms with van der Waals surface area (Å²) in [6.45, 7) is 6.47. The highest BCUT2D eigenvalue weighted by atomic mass is 79.9. The van der Waals surface area contributed by atoms with Crippen molar-refractivity contribution < 1.29 is 0 Å². The number of nitrogens with one attached hydrogen (secondary N) is 1. The zero-order valence-electron chi connectivity index (χ0n) is 10.3. The van der Waals surface area contributed by atoms with E-state index < -0.39 is 0 Å². The summed E-state index contributed by atoms with van der Waals surface area (Å²) in [6.07, 6.45) is 6.60. The van der Waals surface area contributed by atoms with Crippen LogP contribution in [-0.2, 0) is 0 Å². The van der Waals surface area contributed by atoms with Crippen LogP contribution in [0.15, 0.2) is 23.1 Å². The van der Waals surface area contributed by atoms with Gasteiger partial charge in [0.2, 0.25) is 0 Å². The summed E-state index contributed by atoms with van der Waals surface area (Å²) >= 11 is 3.51. The zero-order valence-corrected chi connectivity index (χ0v) is 11.9. The third-order valence-corrected chi connectivity index (χ3v) is 3.56. The molecule has 2 nitrogen and oxygen atoms in total. The van der Waals surface area contributed by atoms with Crippen LogP contribution in [0.3, 0.4) is 0 Å². The quantitative estimate of drug-likeness (QED) is 0.787. The van der Waals surface area contributed by atoms with Gasteiger partial charge in [-0.15, -0.1) is 0 Å². The molecule has 0 aromatic carbocycles. The molecule has 0 atom stereocenters. The first kappa shape index (κ1) is 12.2. The second-order valence-electron chi connectivity index (χ2n) is 4.73. The van der Waals surface area contributed by atoms with Gasteiger partial charge in [-0.2, -0.15) is 0 Å². The highest BCUT2D eigenvalue weighted by molar-refractivity contribution is 9.10. The summed E-state index contributed by atoms with van der Waals surface area (Å²) in [5, 5.41) is 1.11. The average molecular weight is 291 g/mol. The summed E-state index contributed by atoms with van der Waals surface area (Å²) in [7, 11) is 0. The number of hydrogen-bond donors (Lipinski definition) is 1. The van der Waals surface area contributed by atoms with E-state index in [0.717, 1.165) is 27.4 Å². The normalized spacial score (nSPS) is 11.3. The van der Waals surface area contributed by atoms with Crippen LogP contribution in [0.1, 0.15) is 32.8 Å². The number of nitrogens with zero attached hydrogens (tertiary/aromatic N) is 1. The molecule has 3 heteroatoms. The molecule has 0 radical (unpaired) electrons. The van der Waals surface area contributed by atoms with Crippen molar-refractivity contribution in [2.24, 2.45) is 5.41 Å². The SMILES string of the molecule is CCC(C)(C)C#Cc1c[nH]c2cncc(Br)c12. The second-order valence-corrected chi connectivity index (χ2v) is 5.59. The van der Waals surface area contributed by atoms with Crippen molar-refractivity contribution in [3.05, 3.63) is 28.6 Å². The van der Waals surface area contributed by atoms with Gasteiger partial charge in [-0.25, -0.2) is 0 Å². The van der Waals surface area contributed by atoms with Crippen molar-refractivity contribution >= 4 is 26.8 Å². The Morgan fingerprint density at radius 3 is 2.88 bits per heavy atom. The molecule has 0 amide bonds. The molecule has 2 heterocycles. The van der Waals surface area contributed by atoms with E-state index in [1.807, 2.05) is 12.4 Å². The van der Waals surface area contributed by atoms with Gasteiger partial charge in [0.1, 0.15) is 0 Å². The molecule has 0 aliphatic heterocycles. The van der Waals surface area contributed by atoms with Gasteiger partial charge in [0.15, 0.2) is 0 Å². The fourth-order valence-electron chi connectivity index (χ4n) is 1.46. The lowest BCUT2D eigenvalue weighted by Gasteiger charge is -2.12. The smallest absolute Gasteiger partial charge is 0.0664 e. The predicted molar refractivity (Wildman–Crippen MR) is 74.7 cm³/mol. The van der Waals surface area contributed by atoms with E-state index in [1.165, 1.54) is 0 Å². The highest BCUT2D eigenvalue weighted by Crippen LogP contribution is 2.26. The van der Waals surface area contributed by atoms with Crippen LogP contribution in [0.5, 0.6) is 0 Å². The van der Waals surface area contributed by atoms with E-state index in [-0.39, 0.29) is 5.41 Å². The first-order valence-electron chi connectivity index (χ1n) is 5.67. The van der Waals surface area contributed by atoms with E-state index >= 15 is 0 Å². The van der Waals surface area contributed by atoms with Crippen LogP contribution in [0.4, 0.5) is 0 Å². The van der Waals surface area contributed by atoms with Crippen molar-refractivity contribution in [3.8, 4) is 11.8 Å². The molecule has 0 bridgehead atoms. The standard InChI is InChI=1S/C14H15BrN2/c1-4-14(2,3)6-5-10-7-17-12-9-16-8-11(15)13(10)12/h7-9,17H,4H2,1-3H3. The maximum Gasteiger partial charge on any atom is 0.0664 e. The third kappa shape index (κ3) is 2.53. The van der Waals surface area contributed by atoms with Crippen molar-refractivity contribution in [1.29, 1.82) is 0 Å². The van der Waals surface area contributed by atoms with Crippen molar-refractivity contribution in [3.63, 3.8) is 0 Å². The number of rotatable bonds is 1. The predicted octanol–water partition coefficient (Wildman–Crippen LogP) is 4.11. The number of pyridine rings is 1. The molecule has 2 aromatic rings. The Balaban J connectivity index is 2.51. The van der Waals surface area contributed by atoms with Gasteiger partial charge >= 0.3 is 0 Å². The van der Waals surface area contributed by atoms with E-state index in [2.05, 4.69) is 58.5 Å². The zero-order chi connectivity index (χ0) is 12.5. The minimum absolute atomic E-state index is 0.0586. The molecule has 0 aliphatic rings. The van der Waals surface area contributed by atoms with Gasteiger partial charge in [0.05, 0.1) is 17.3 Å². The molecule has 0 spiro atoms. The van der Waals surface area contributed by atoms with Gasteiger partial charge in [0.25, 0.3) is 0 Å². The fourth-order valence-corrected chi connectivity index (χ4v) is 2.01. The molecule has 0 unspecified atom stereocenters. The van der Waals surface area contributed by atoms with Gasteiger partial charge in [0, 0.05) is 27.7 Å². The van der Waals surface area contributed by atoms with E-state index in [1.54, 1.807) is 6.20 Å². The number of H-pyrrole nitrogens is 1. The Hall–Kier alpha value is -1.27. The molecule has 0 saturated heterocycles. The van der Waals surface area contributed by atoms with E-state index in [4.69, 9.17) is 0 Å². The molecule has 0 fully saturated rings. The Bertz CT molecular complexity index is 599. The molecule has 2 rings (SSSR count). The lowest BCUT2D eigenvalue weighted by molar-refractivity contribution is 0.484. The minimum Gasteiger partial charge on any atom is -0.359 e. The van der Waals surface area contributed by atoms with Gasteiger partial charge in [-0.1, -0.05) is 18.8 Å². The van der Waals surface area contributed by atoms with E-state index in [9.17, 15) is 0 Å². The van der Waals surface area contributed by atoms with E-state index in [0.29, 0.717) is 0 Å². The number of halogens is 1. The Morgan fingerprint density at radius 1 is 1.41 bits per heavy atom. The number of aromatic nitrogens is 2. The summed E-state index contributed by atoms with van der Waals surface area (Å²) < 4.78 is 0.981. The third-order valence-electron chi connectivity index (χ3n) is 2.96. The monoisotopic (exact) mass is 290 g/mol. The van der Waals surface area contributed by atoms with Gasteiger partial charge in [-0.05, 0) is 36.2 Å². The fraction of sp³-hybridized carbons (Fsp3) is 0.357. The number of hydrogen-bond acceptors (Lipinski definition) is 1. The molecule has 0 saturated carbocycles. The lowest BCUT2D eigenvalue weighted by atomic mass is 9.91. The Kier molecular flexibility index (Phi) is 3.26. The largest absolute Gasteiger partial charge is 0.359 e. The summed E-state index contributed by atoms with van der Waals surface area (Å²) in [5.41, 5.74) is 2.09. The second kappa shape index (κ2) is 4.54. The summed E-state index contributed by atoms with van der Waals surface area (Å²) in [6, 6.07) is 0. The molecule has 17 heavy (non-hydrogen) atoms. The maximum atomic E-state index is 4.12. The topological polar surface area (TPSA) is 28.7 Å². The van der Waals surface area contributed by atoms with Crippen LogP contribution in [-0.4, -0.2) is 9.97 Å². The van der Waals surface area contributed by atoms with Crippen molar-refractivity contribution in [2.75, 3.05) is 0 Å². The maximum absolute atomic E-state index is 4.12. The van der Waals surface area contributed by atoms with Crippen molar-refractivity contribution in [2.45, 2.75) is 27.2 Å². The molecule has 2 aromatic heterocycles. The van der Waals surface area contributed by atoms with Gasteiger partial charge < -0.3 is 4.98 Å². The Labute approximate surface area is 110 Å². The highest BCUT2D eigenvalue weighted by Gasteiger charge is 2.11. The van der Waals surface area contributed by atoms with Crippen LogP contribution < -0.4 is 0 Å². The van der Waals surface area contributed by atoms with Crippen LogP contribution >= 0.6 is 15.9 Å². The minimum atomic E-state index is 0.0586. The van der Waals surface area contributed by atoms with Crippen LogP contribution in [0.2, 0.25) is 0 Å². The molecule has 1 N–H and O–H groups in total. The van der Waals surface area contributed by atoms with Crippen LogP contribution in [0.25, 0.3) is 10.9 Å². The first-order chi connectivity index (χ1) is 8.03. The lowest BCUT2D eigenvalue weighted by Crippen LogP contribution is -2.04. The molecular formula is C14H15BrN2. The molecule has 88 valence electrons. The summed E-state index contributed by atoms with van der Waals surface area (Å²) in [4.78, 5) is 7.31. The van der Waals surface area contributed by atoms with Crippen LogP contribution in [0, 0.1) is 17.3 Å².